The summed E-state index contributed by atoms with van der Waals surface area (Å²) in [6, 6.07) is 10.4. The molecule has 2 aromatic rings. The Labute approximate surface area is 115 Å². The summed E-state index contributed by atoms with van der Waals surface area (Å²) < 4.78 is 11.3. The minimum absolute atomic E-state index is 0.115. The topological polar surface area (TPSA) is 22.4 Å². The summed E-state index contributed by atoms with van der Waals surface area (Å²) in [5.41, 5.74) is 2.51. The van der Waals surface area contributed by atoms with Gasteiger partial charge >= 0.3 is 0 Å². The highest BCUT2D eigenvalue weighted by Gasteiger charge is 2.18. The normalized spacial score (nSPS) is 15.2. The van der Waals surface area contributed by atoms with Gasteiger partial charge in [-0.05, 0) is 29.3 Å². The summed E-state index contributed by atoms with van der Waals surface area (Å²) in [5, 5.41) is 0. The van der Waals surface area contributed by atoms with Gasteiger partial charge in [-0.15, -0.1) is 0 Å². The van der Waals surface area contributed by atoms with Crippen LogP contribution in [0.2, 0.25) is 0 Å². The highest BCUT2D eigenvalue weighted by molar-refractivity contribution is 9.09. The Morgan fingerprint density at radius 3 is 2.94 bits per heavy atom. The van der Waals surface area contributed by atoms with Crippen molar-refractivity contribution in [3.8, 4) is 5.75 Å². The lowest BCUT2D eigenvalue weighted by Crippen LogP contribution is -1.92. The SMILES string of the molecule is CCc1ccc(C(Br)c2ccc3c(c2)CCO3)o1. The van der Waals surface area contributed by atoms with Crippen LogP contribution < -0.4 is 4.74 Å². The Kier molecular flexibility index (Phi) is 3.16. The van der Waals surface area contributed by atoms with E-state index in [1.54, 1.807) is 0 Å². The first-order valence-corrected chi connectivity index (χ1v) is 7.18. The largest absolute Gasteiger partial charge is 0.493 e. The van der Waals surface area contributed by atoms with E-state index in [1.807, 2.05) is 12.1 Å². The fourth-order valence-electron chi connectivity index (χ4n) is 2.25. The van der Waals surface area contributed by atoms with Gasteiger partial charge in [0.1, 0.15) is 17.3 Å². The minimum Gasteiger partial charge on any atom is -0.493 e. The molecule has 1 aliphatic heterocycles. The van der Waals surface area contributed by atoms with Gasteiger partial charge in [0.2, 0.25) is 0 Å². The summed E-state index contributed by atoms with van der Waals surface area (Å²) in [4.78, 5) is 0.115. The molecule has 0 amide bonds. The van der Waals surface area contributed by atoms with Crippen LogP contribution in [0.3, 0.4) is 0 Å². The summed E-state index contributed by atoms with van der Waals surface area (Å²) in [6.07, 6.45) is 1.93. The molecule has 1 aromatic heterocycles. The molecule has 0 aliphatic carbocycles. The molecule has 2 heterocycles. The average molecular weight is 307 g/mol. The number of fused-ring (bicyclic) bond motifs is 1. The van der Waals surface area contributed by atoms with Crippen LogP contribution in [0.1, 0.15) is 34.4 Å². The number of benzene rings is 1. The van der Waals surface area contributed by atoms with E-state index in [0.29, 0.717) is 0 Å². The van der Waals surface area contributed by atoms with E-state index in [9.17, 15) is 0 Å². The van der Waals surface area contributed by atoms with Gasteiger partial charge in [0.15, 0.2) is 0 Å². The van der Waals surface area contributed by atoms with Crippen molar-refractivity contribution in [2.75, 3.05) is 6.61 Å². The van der Waals surface area contributed by atoms with Gasteiger partial charge in [0.05, 0.1) is 11.4 Å². The molecule has 0 saturated heterocycles. The zero-order chi connectivity index (χ0) is 12.5. The minimum atomic E-state index is 0.115. The predicted molar refractivity (Wildman–Crippen MR) is 74.5 cm³/mol. The molecule has 94 valence electrons. The van der Waals surface area contributed by atoms with Crippen molar-refractivity contribution >= 4 is 15.9 Å². The van der Waals surface area contributed by atoms with Gasteiger partial charge < -0.3 is 9.15 Å². The Hall–Kier alpha value is -1.22. The molecular weight excluding hydrogens is 292 g/mol. The van der Waals surface area contributed by atoms with Gasteiger partial charge in [-0.25, -0.2) is 0 Å². The van der Waals surface area contributed by atoms with Crippen molar-refractivity contribution in [1.82, 2.24) is 0 Å². The van der Waals surface area contributed by atoms with Gasteiger partial charge in [-0.1, -0.05) is 35.0 Å². The third-order valence-corrected chi connectivity index (χ3v) is 4.27. The molecule has 0 bridgehead atoms. The molecule has 18 heavy (non-hydrogen) atoms. The maximum absolute atomic E-state index is 5.79. The number of aryl methyl sites for hydroxylation is 1. The monoisotopic (exact) mass is 306 g/mol. The number of furan rings is 1. The standard InChI is InChI=1S/C15H15BrO2/c1-2-12-4-6-14(18-12)15(16)11-3-5-13-10(9-11)7-8-17-13/h3-6,9,15H,2,7-8H2,1H3. The summed E-state index contributed by atoms with van der Waals surface area (Å²) in [5.74, 6) is 3.01. The Balaban J connectivity index is 1.89. The molecule has 2 nitrogen and oxygen atoms in total. The van der Waals surface area contributed by atoms with Crippen molar-refractivity contribution in [1.29, 1.82) is 0 Å². The zero-order valence-electron chi connectivity index (χ0n) is 10.3. The second kappa shape index (κ2) is 4.81. The molecule has 1 aliphatic rings. The smallest absolute Gasteiger partial charge is 0.122 e. The zero-order valence-corrected chi connectivity index (χ0v) is 11.9. The van der Waals surface area contributed by atoms with Gasteiger partial charge in [0.25, 0.3) is 0 Å². The number of alkyl halides is 1. The molecule has 0 N–H and O–H groups in total. The second-order valence-corrected chi connectivity index (χ2v) is 5.40. The highest BCUT2D eigenvalue weighted by Crippen LogP contribution is 2.35. The first-order chi connectivity index (χ1) is 8.78. The lowest BCUT2D eigenvalue weighted by molar-refractivity contribution is 0.357. The molecule has 1 atom stereocenters. The van der Waals surface area contributed by atoms with Crippen LogP contribution in [0.25, 0.3) is 0 Å². The quantitative estimate of drug-likeness (QED) is 0.791. The molecular formula is C15H15BrO2. The van der Waals surface area contributed by atoms with Gasteiger partial charge in [0, 0.05) is 12.8 Å². The molecule has 3 heteroatoms. The molecule has 1 unspecified atom stereocenters. The van der Waals surface area contributed by atoms with E-state index in [1.165, 1.54) is 11.1 Å². The van der Waals surface area contributed by atoms with Gasteiger partial charge in [-0.2, -0.15) is 0 Å². The average Bonchev–Trinajstić information content (AvgIpc) is 3.05. The molecule has 0 fully saturated rings. The maximum Gasteiger partial charge on any atom is 0.122 e. The van der Waals surface area contributed by atoms with Crippen molar-refractivity contribution in [3.05, 3.63) is 53.0 Å². The molecule has 0 spiro atoms. The maximum atomic E-state index is 5.79. The first-order valence-electron chi connectivity index (χ1n) is 6.26. The van der Waals surface area contributed by atoms with Crippen molar-refractivity contribution in [3.63, 3.8) is 0 Å². The summed E-state index contributed by atoms with van der Waals surface area (Å²) >= 11 is 3.71. The third kappa shape index (κ3) is 2.07. The van der Waals surface area contributed by atoms with Crippen molar-refractivity contribution < 1.29 is 9.15 Å². The lowest BCUT2D eigenvalue weighted by Gasteiger charge is -2.09. The van der Waals surface area contributed by atoms with E-state index in [2.05, 4.69) is 41.1 Å². The molecule has 0 saturated carbocycles. The third-order valence-electron chi connectivity index (χ3n) is 3.29. The number of hydrogen-bond acceptors (Lipinski definition) is 2. The van der Waals surface area contributed by atoms with Crippen molar-refractivity contribution in [2.45, 2.75) is 24.6 Å². The Morgan fingerprint density at radius 2 is 2.17 bits per heavy atom. The van der Waals surface area contributed by atoms with Crippen LogP contribution in [0.15, 0.2) is 34.7 Å². The number of hydrogen-bond donors (Lipinski definition) is 0. The Morgan fingerprint density at radius 1 is 1.28 bits per heavy atom. The van der Waals surface area contributed by atoms with E-state index in [0.717, 1.165) is 36.7 Å². The molecule has 1 aromatic carbocycles. The van der Waals surface area contributed by atoms with Crippen LogP contribution in [-0.4, -0.2) is 6.61 Å². The van der Waals surface area contributed by atoms with Crippen LogP contribution in [-0.2, 0) is 12.8 Å². The lowest BCUT2D eigenvalue weighted by atomic mass is 10.1. The fourth-order valence-corrected chi connectivity index (χ4v) is 2.78. The van der Waals surface area contributed by atoms with Crippen molar-refractivity contribution in [2.24, 2.45) is 0 Å². The summed E-state index contributed by atoms with van der Waals surface area (Å²) in [6.45, 7) is 2.89. The van der Waals surface area contributed by atoms with Crippen LogP contribution in [0.5, 0.6) is 5.75 Å². The fraction of sp³-hybridized carbons (Fsp3) is 0.333. The summed E-state index contributed by atoms with van der Waals surface area (Å²) in [7, 11) is 0. The second-order valence-electron chi connectivity index (χ2n) is 4.49. The number of ether oxygens (including phenoxy) is 1. The van der Waals surface area contributed by atoms with E-state index >= 15 is 0 Å². The van der Waals surface area contributed by atoms with E-state index in [-0.39, 0.29) is 4.83 Å². The molecule has 3 rings (SSSR count). The molecule has 0 radical (unpaired) electrons. The van der Waals surface area contributed by atoms with Crippen LogP contribution in [0, 0.1) is 0 Å². The van der Waals surface area contributed by atoms with Crippen LogP contribution >= 0.6 is 15.9 Å². The van der Waals surface area contributed by atoms with E-state index in [4.69, 9.17) is 9.15 Å². The number of rotatable bonds is 3. The van der Waals surface area contributed by atoms with Gasteiger partial charge in [-0.3, -0.25) is 0 Å². The Bertz CT molecular complexity index is 559. The van der Waals surface area contributed by atoms with Crippen LogP contribution in [0.4, 0.5) is 0 Å². The first kappa shape index (κ1) is 11.8. The highest BCUT2D eigenvalue weighted by atomic mass is 79.9. The van der Waals surface area contributed by atoms with E-state index < -0.39 is 0 Å². The number of halogens is 1. The predicted octanol–water partition coefficient (Wildman–Crippen LogP) is 4.26.